The highest BCUT2D eigenvalue weighted by molar-refractivity contribution is 8.00. The van der Waals surface area contributed by atoms with Crippen LogP contribution < -0.4 is 43.0 Å². The van der Waals surface area contributed by atoms with Gasteiger partial charge in [-0.3, -0.25) is 28.1 Å². The molecule has 0 fully saturated rings. The van der Waals surface area contributed by atoms with Gasteiger partial charge < -0.3 is 43.2 Å². The van der Waals surface area contributed by atoms with E-state index in [0.29, 0.717) is 87.4 Å². The molecule has 522 valence electrons. The lowest BCUT2D eigenvalue weighted by atomic mass is 10.1. The minimum Gasteiger partial charge on any atom is -0.507 e. The average molecular weight is 1460 g/mol. The van der Waals surface area contributed by atoms with Gasteiger partial charge in [0.25, 0.3) is 16.7 Å². The molecule has 21 nitrogen and oxygen atoms in total. The van der Waals surface area contributed by atoms with Crippen molar-refractivity contribution < 1.29 is 56.3 Å². The molecule has 0 saturated heterocycles. The topological polar surface area (TPSA) is 295 Å². The van der Waals surface area contributed by atoms with Crippen LogP contribution in [-0.4, -0.2) is 63.3 Å². The number of ether oxygens (including phenoxy) is 2. The molecule has 0 aliphatic rings. The maximum atomic E-state index is 13.7. The van der Waals surface area contributed by atoms with Crippen molar-refractivity contribution in [1.29, 1.82) is 0 Å². The number of phenolic OH excluding ortho intramolecular Hbond substituents is 1. The van der Waals surface area contributed by atoms with Crippen LogP contribution >= 0.6 is 35.3 Å². The zero-order valence-electron chi connectivity index (χ0n) is 55.3. The summed E-state index contributed by atoms with van der Waals surface area (Å²) in [5, 5.41) is 44.1. The van der Waals surface area contributed by atoms with Crippen molar-refractivity contribution in [1.82, 2.24) is 28.7 Å². The van der Waals surface area contributed by atoms with Gasteiger partial charge in [0.1, 0.15) is 82.5 Å². The molecule has 0 atom stereocenters. The number of hydrogen-bond donors (Lipinski definition) is 4. The normalized spacial score (nSPS) is 11.3. The van der Waals surface area contributed by atoms with Crippen molar-refractivity contribution in [3.63, 3.8) is 0 Å². The van der Waals surface area contributed by atoms with Gasteiger partial charge in [-0.2, -0.15) is 0 Å². The number of benzene rings is 6. The van der Waals surface area contributed by atoms with Crippen LogP contribution in [-0.2, 0) is 19.6 Å². The predicted molar refractivity (Wildman–Crippen MR) is 388 cm³/mol. The lowest BCUT2D eigenvalue weighted by Gasteiger charge is -2.14. The number of aromatic hydroxyl groups is 4. The Balaban J connectivity index is 0.000000139. The van der Waals surface area contributed by atoms with E-state index in [1.165, 1.54) is 63.3 Å². The molecule has 0 spiro atoms. The summed E-state index contributed by atoms with van der Waals surface area (Å²) in [6.45, 7) is 5.54. The van der Waals surface area contributed by atoms with Gasteiger partial charge in [-0.15, -0.1) is 0 Å². The number of halogens is 3. The van der Waals surface area contributed by atoms with E-state index in [0.717, 1.165) is 35.3 Å². The first-order valence-electron chi connectivity index (χ1n) is 31.5. The fourth-order valence-corrected chi connectivity index (χ4v) is 14.0. The molecule has 0 saturated carbocycles. The van der Waals surface area contributed by atoms with Crippen molar-refractivity contribution in [3.05, 3.63) is 296 Å². The fourth-order valence-electron chi connectivity index (χ4n) is 11.4. The summed E-state index contributed by atoms with van der Waals surface area (Å²) in [4.78, 5) is 94.1. The average Bonchev–Trinajstić information content (AvgIpc) is 0.747. The molecule has 0 aliphatic carbocycles. The molecular formula is C77H55F3N6O15S3. The smallest absolute Gasteiger partial charge is 0.354 e. The van der Waals surface area contributed by atoms with E-state index < -0.39 is 68.3 Å². The Kier molecular flexibility index (Phi) is 19.8. The van der Waals surface area contributed by atoms with Crippen molar-refractivity contribution in [2.75, 3.05) is 14.2 Å². The van der Waals surface area contributed by atoms with Gasteiger partial charge in [0, 0.05) is 26.9 Å². The highest BCUT2D eigenvalue weighted by atomic mass is 32.2. The summed E-state index contributed by atoms with van der Waals surface area (Å²) in [6.07, 6.45) is 0. The van der Waals surface area contributed by atoms with Crippen LogP contribution in [0.2, 0.25) is 0 Å². The van der Waals surface area contributed by atoms with Gasteiger partial charge in [0.15, 0.2) is 34.0 Å². The second-order valence-electron chi connectivity index (χ2n) is 23.5. The Morgan fingerprint density at radius 2 is 0.750 bits per heavy atom. The first kappa shape index (κ1) is 70.1. The number of methoxy groups -OCH3 is 2. The summed E-state index contributed by atoms with van der Waals surface area (Å²) >= 11 is 2.76. The SMILES string of the molecule is COc1ccc(Sc2c(O)c3c(=O)n(Cc4ccc(F)cc4)c4nc(C)ccc4c3oc2=O)cc1.COc1cccc(Sc2c(O)c3c(=O)n(Cc4ccc(F)cc4)c4nc(C)ccc4c3oc2=O)c1.Cc1ccc2c3oc(=O)c(Sc4ccccc4O)c(O)c3c(=O)n(Cc3ccc(F)cc3)c2n1. The number of para-hydroxylation sites is 1. The zero-order chi connectivity index (χ0) is 73.4. The Morgan fingerprint density at radius 1 is 0.394 bits per heavy atom. The third-order valence-corrected chi connectivity index (χ3v) is 19.7. The molecule has 9 heterocycles. The molecule has 0 unspecified atom stereocenters. The fraction of sp³-hybridized carbons (Fsp3) is 0.104. The molecule has 0 radical (unpaired) electrons. The number of hydrogen-bond acceptors (Lipinski definition) is 21. The second kappa shape index (κ2) is 29.3. The van der Waals surface area contributed by atoms with Crippen molar-refractivity contribution in [3.8, 4) is 34.5 Å². The van der Waals surface area contributed by atoms with Gasteiger partial charge in [-0.1, -0.05) is 89.9 Å². The minimum absolute atomic E-state index is 0.0329. The third-order valence-electron chi connectivity index (χ3n) is 16.5. The molecule has 15 aromatic rings. The molecule has 0 bridgehead atoms. The molecule has 27 heteroatoms. The maximum Gasteiger partial charge on any atom is 0.354 e. The van der Waals surface area contributed by atoms with Crippen molar-refractivity contribution >= 4 is 101 Å². The Hall–Kier alpha value is -12.3. The minimum atomic E-state index is -0.851. The quantitative estimate of drug-likeness (QED) is 0.0736. The van der Waals surface area contributed by atoms with E-state index in [-0.39, 0.29) is 78.6 Å². The molecule has 0 aliphatic heterocycles. The van der Waals surface area contributed by atoms with Gasteiger partial charge >= 0.3 is 16.9 Å². The third kappa shape index (κ3) is 14.1. The van der Waals surface area contributed by atoms with Crippen molar-refractivity contribution in [2.24, 2.45) is 0 Å². The zero-order valence-corrected chi connectivity index (χ0v) is 57.7. The van der Waals surface area contributed by atoms with E-state index in [9.17, 15) is 62.4 Å². The molecule has 4 N–H and O–H groups in total. The van der Waals surface area contributed by atoms with E-state index in [1.54, 1.807) is 167 Å². The summed E-state index contributed by atoms with van der Waals surface area (Å²) in [5.41, 5.74) is 0.465. The molecule has 9 aromatic heterocycles. The Morgan fingerprint density at radius 3 is 1.12 bits per heavy atom. The maximum absolute atomic E-state index is 13.7. The molecule has 15 rings (SSSR count). The molecular weight excluding hydrogens is 1400 g/mol. The number of nitrogens with zero attached hydrogens (tertiary/aromatic N) is 6. The van der Waals surface area contributed by atoms with Crippen LogP contribution in [0.3, 0.4) is 0 Å². The van der Waals surface area contributed by atoms with Crippen LogP contribution in [0.25, 0.3) is 66.0 Å². The van der Waals surface area contributed by atoms with Gasteiger partial charge in [0.2, 0.25) is 0 Å². The number of fused-ring (bicyclic) bond motifs is 9. The van der Waals surface area contributed by atoms with Gasteiger partial charge in [0.05, 0.1) is 54.9 Å². The number of phenols is 1. The molecule has 6 aromatic carbocycles. The lowest BCUT2D eigenvalue weighted by molar-refractivity contribution is 0.413. The lowest BCUT2D eigenvalue weighted by Crippen LogP contribution is -2.23. The highest BCUT2D eigenvalue weighted by Gasteiger charge is 2.28. The first-order chi connectivity index (χ1) is 50.0. The number of aromatic nitrogens is 6. The molecule has 104 heavy (non-hydrogen) atoms. The number of aryl methyl sites for hydroxylation is 3. The summed E-state index contributed by atoms with van der Waals surface area (Å²) in [7, 11) is 3.07. The summed E-state index contributed by atoms with van der Waals surface area (Å²) in [6, 6.07) is 47.6. The molecule has 0 amide bonds. The number of rotatable bonds is 14. The Bertz CT molecular complexity index is 6310. The standard InChI is InChI=1S/2C26H19FN2O5S.C25H17FN2O5S/c1-14-3-12-19-22-20(25(31)29(24(19)28-14)13-15-4-6-16(27)7-5-15)21(30)23(26(32)34-22)35-18-10-8-17(33-2)9-11-18;1-14-6-11-19-22-20(25(31)29(24(19)28-14)13-15-7-9-16(27)10-8-15)21(30)23(26(32)34-22)35-18-5-3-4-17(12-18)33-2;1-13-6-11-16-21-19(20(30)22(25(32)33-21)34-18-5-3-2-4-17(18)29)24(31)28(23(16)27-13)12-14-7-9-15(26)10-8-14/h2*3-12,30H,13H2,1-2H3;2-11,29-30H,12H2,1H3. The van der Waals surface area contributed by atoms with Crippen LogP contribution in [0.5, 0.6) is 34.5 Å². The van der Waals surface area contributed by atoms with Crippen LogP contribution in [0.4, 0.5) is 13.2 Å². The predicted octanol–water partition coefficient (Wildman–Crippen LogP) is 14.3. The second-order valence-corrected chi connectivity index (χ2v) is 26.7. The van der Waals surface area contributed by atoms with E-state index in [2.05, 4.69) is 15.0 Å². The number of pyridine rings is 6. The van der Waals surface area contributed by atoms with Crippen LogP contribution in [0.15, 0.2) is 253 Å². The van der Waals surface area contributed by atoms with Crippen molar-refractivity contribution in [2.45, 2.75) is 69.8 Å². The monoisotopic (exact) mass is 1460 g/mol. The van der Waals surface area contributed by atoms with E-state index in [4.69, 9.17) is 22.7 Å². The largest absolute Gasteiger partial charge is 0.507 e. The first-order valence-corrected chi connectivity index (χ1v) is 33.9. The van der Waals surface area contributed by atoms with Gasteiger partial charge in [-0.05, 0) is 165 Å². The highest BCUT2D eigenvalue weighted by Crippen LogP contribution is 2.42. The van der Waals surface area contributed by atoms with Crippen LogP contribution in [0, 0.1) is 38.2 Å². The van der Waals surface area contributed by atoms with E-state index in [1.807, 2.05) is 0 Å². The van der Waals surface area contributed by atoms with E-state index >= 15 is 0 Å². The summed E-state index contributed by atoms with van der Waals surface area (Å²) in [5.74, 6) is -1.52. The van der Waals surface area contributed by atoms with Crippen LogP contribution in [0.1, 0.15) is 33.8 Å². The van der Waals surface area contributed by atoms with Gasteiger partial charge in [-0.25, -0.2) is 42.5 Å². The Labute approximate surface area is 597 Å². The summed E-state index contributed by atoms with van der Waals surface area (Å²) < 4.78 is 71.4.